The van der Waals surface area contributed by atoms with Gasteiger partial charge in [-0.05, 0) is 67.4 Å². The molecular weight excluding hydrogens is 581 g/mol. The number of hydrogen-bond donors (Lipinski definition) is 2. The zero-order valence-corrected chi connectivity index (χ0v) is 27.2. The molecule has 0 bridgehead atoms. The summed E-state index contributed by atoms with van der Waals surface area (Å²) in [6.07, 6.45) is 0. The van der Waals surface area contributed by atoms with E-state index < -0.39 is 0 Å². The maximum absolute atomic E-state index is 13.7. The predicted molar refractivity (Wildman–Crippen MR) is 184 cm³/mol. The van der Waals surface area contributed by atoms with Crippen LogP contribution in [0.5, 0.6) is 0 Å². The number of nitrogens with one attached hydrogen (secondary N) is 2. The first-order valence-corrected chi connectivity index (χ1v) is 15.8. The van der Waals surface area contributed by atoms with Gasteiger partial charge in [0.25, 0.3) is 11.8 Å². The topological polar surface area (TPSA) is 83.8 Å². The molecule has 5 aromatic rings. The molecular formula is C38H42FN3O4. The van der Waals surface area contributed by atoms with Gasteiger partial charge in [-0.15, -0.1) is 0 Å². The molecule has 2 amide bonds. The number of hydrogen-bond acceptors (Lipinski definition) is 5. The largest absolute Gasteiger partial charge is 0.455 e. The molecule has 0 unspecified atom stereocenters. The summed E-state index contributed by atoms with van der Waals surface area (Å²) < 4.78 is 25.7. The van der Waals surface area contributed by atoms with Gasteiger partial charge in [-0.2, -0.15) is 0 Å². The highest BCUT2D eigenvalue weighted by Gasteiger charge is 2.24. The number of carbonyl (C=O) groups is 2. The van der Waals surface area contributed by atoms with Crippen molar-refractivity contribution >= 4 is 28.5 Å². The maximum atomic E-state index is 13.7. The smallest absolute Gasteiger partial charge is 0.255 e. The maximum Gasteiger partial charge on any atom is 0.255 e. The van der Waals surface area contributed by atoms with Crippen LogP contribution in [-0.4, -0.2) is 45.1 Å². The minimum atomic E-state index is -0.374. The Morgan fingerprint density at radius 3 is 2.24 bits per heavy atom. The number of rotatable bonds is 12. The van der Waals surface area contributed by atoms with Crippen molar-refractivity contribution in [3.63, 3.8) is 0 Å². The number of amides is 2. The number of fused-ring (bicyclic) bond motifs is 1. The first-order chi connectivity index (χ1) is 22.4. The highest BCUT2D eigenvalue weighted by Crippen LogP contribution is 2.41. The van der Waals surface area contributed by atoms with Crippen LogP contribution < -0.4 is 15.5 Å². The first kappa shape index (κ1) is 33.9. The number of nitrogens with zero attached hydrogens (tertiary/aromatic N) is 1. The minimum absolute atomic E-state index is 0.200. The molecule has 240 valence electrons. The lowest BCUT2D eigenvalue weighted by Crippen LogP contribution is -2.27. The molecule has 4 aromatic carbocycles. The quantitative estimate of drug-likeness (QED) is 0.137. The Morgan fingerprint density at radius 1 is 0.848 bits per heavy atom. The van der Waals surface area contributed by atoms with Gasteiger partial charge in [0.05, 0.1) is 18.8 Å². The average molecular weight is 624 g/mol. The van der Waals surface area contributed by atoms with Crippen LogP contribution in [0.1, 0.15) is 54.0 Å². The molecule has 0 aliphatic rings. The van der Waals surface area contributed by atoms with Crippen molar-refractivity contribution in [2.45, 2.75) is 34.3 Å². The zero-order valence-electron chi connectivity index (χ0n) is 27.2. The van der Waals surface area contributed by atoms with E-state index in [1.807, 2.05) is 74.5 Å². The SMILES string of the molecule is CC.CCN(CC)c1cc2oc(-c3ccc(F)cc3)c(C(=O)NC)c2cc1-c1cccc(C(=O)NCCOCc2ccccc2)c1. The summed E-state index contributed by atoms with van der Waals surface area (Å²) in [7, 11) is 1.57. The summed E-state index contributed by atoms with van der Waals surface area (Å²) in [6.45, 7) is 10.9. The molecule has 1 aromatic heterocycles. The lowest BCUT2D eigenvalue weighted by Gasteiger charge is -2.24. The van der Waals surface area contributed by atoms with E-state index in [0.717, 1.165) is 35.5 Å². The summed E-state index contributed by atoms with van der Waals surface area (Å²) in [6, 6.07) is 27.1. The number of carbonyl (C=O) groups excluding carboxylic acids is 2. The van der Waals surface area contributed by atoms with E-state index in [9.17, 15) is 14.0 Å². The summed E-state index contributed by atoms with van der Waals surface area (Å²) >= 11 is 0. The molecule has 0 aliphatic heterocycles. The summed E-state index contributed by atoms with van der Waals surface area (Å²) in [5.41, 5.74) is 5.70. The third-order valence-corrected chi connectivity index (χ3v) is 7.55. The van der Waals surface area contributed by atoms with Gasteiger partial charge in [-0.3, -0.25) is 9.59 Å². The van der Waals surface area contributed by atoms with Gasteiger partial charge in [0, 0.05) is 60.5 Å². The van der Waals surface area contributed by atoms with Gasteiger partial charge in [-0.1, -0.05) is 56.3 Å². The molecule has 7 nitrogen and oxygen atoms in total. The van der Waals surface area contributed by atoms with Crippen LogP contribution in [0.15, 0.2) is 95.4 Å². The molecule has 0 fully saturated rings. The van der Waals surface area contributed by atoms with Crippen LogP contribution in [-0.2, 0) is 11.3 Å². The lowest BCUT2D eigenvalue weighted by molar-refractivity contribution is 0.0900. The van der Waals surface area contributed by atoms with E-state index in [1.54, 1.807) is 25.2 Å². The van der Waals surface area contributed by atoms with Crippen molar-refractivity contribution < 1.29 is 23.1 Å². The second-order valence-electron chi connectivity index (χ2n) is 10.3. The molecule has 0 atom stereocenters. The van der Waals surface area contributed by atoms with Crippen molar-refractivity contribution in [2.24, 2.45) is 0 Å². The fraction of sp³-hybridized carbons (Fsp3) is 0.263. The third-order valence-electron chi connectivity index (χ3n) is 7.55. The van der Waals surface area contributed by atoms with Gasteiger partial charge in [0.1, 0.15) is 17.2 Å². The molecule has 46 heavy (non-hydrogen) atoms. The normalized spacial score (nSPS) is 10.7. The van der Waals surface area contributed by atoms with E-state index in [1.165, 1.54) is 12.1 Å². The standard InChI is InChI=1S/C36H36FN3O4.C2H6/c1-4-40(5-2)31-22-32-30(33(36(42)38-3)34(44-32)25-14-16-28(37)17-15-25)21-29(31)26-12-9-13-27(20-26)35(41)39-18-19-43-23-24-10-7-6-8-11-24;1-2/h6-17,20-22H,4-5,18-19,23H2,1-3H3,(H,38,42)(H,39,41);1-2H3. The predicted octanol–water partition coefficient (Wildman–Crippen LogP) is 8.08. The average Bonchev–Trinajstić information content (AvgIpc) is 3.48. The Kier molecular flexibility index (Phi) is 12.1. The first-order valence-electron chi connectivity index (χ1n) is 15.8. The highest BCUT2D eigenvalue weighted by atomic mass is 19.1. The van der Waals surface area contributed by atoms with E-state index in [-0.39, 0.29) is 17.6 Å². The van der Waals surface area contributed by atoms with Gasteiger partial charge >= 0.3 is 0 Å². The molecule has 0 saturated carbocycles. The highest BCUT2D eigenvalue weighted by molar-refractivity contribution is 6.13. The van der Waals surface area contributed by atoms with Gasteiger partial charge < -0.3 is 24.7 Å². The fourth-order valence-corrected chi connectivity index (χ4v) is 5.28. The number of halogens is 1. The fourth-order valence-electron chi connectivity index (χ4n) is 5.28. The Balaban J connectivity index is 0.00000235. The van der Waals surface area contributed by atoms with Gasteiger partial charge in [-0.25, -0.2) is 4.39 Å². The van der Waals surface area contributed by atoms with E-state index in [0.29, 0.717) is 53.2 Å². The second kappa shape index (κ2) is 16.4. The van der Waals surface area contributed by atoms with Crippen molar-refractivity contribution in [3.05, 3.63) is 114 Å². The number of anilines is 1. The number of furan rings is 1. The molecule has 0 saturated heterocycles. The molecule has 0 spiro atoms. The minimum Gasteiger partial charge on any atom is -0.455 e. The van der Waals surface area contributed by atoms with Crippen molar-refractivity contribution in [1.29, 1.82) is 0 Å². The number of ether oxygens (including phenoxy) is 1. The second-order valence-corrected chi connectivity index (χ2v) is 10.3. The molecule has 8 heteroatoms. The molecule has 0 radical (unpaired) electrons. The Labute approximate surface area is 270 Å². The van der Waals surface area contributed by atoms with Crippen molar-refractivity contribution in [3.8, 4) is 22.5 Å². The van der Waals surface area contributed by atoms with Crippen molar-refractivity contribution in [2.75, 3.05) is 38.2 Å². The Hall–Kier alpha value is -4.95. The van der Waals surface area contributed by atoms with Crippen LogP contribution in [0.3, 0.4) is 0 Å². The molecule has 1 heterocycles. The van der Waals surface area contributed by atoms with E-state index >= 15 is 0 Å². The van der Waals surface area contributed by atoms with Gasteiger partial charge in [0.15, 0.2) is 0 Å². The Bertz CT molecular complexity index is 1750. The van der Waals surface area contributed by atoms with Gasteiger partial charge in [0.2, 0.25) is 0 Å². The molecule has 2 N–H and O–H groups in total. The Morgan fingerprint density at radius 2 is 1.57 bits per heavy atom. The van der Waals surface area contributed by atoms with Crippen LogP contribution >= 0.6 is 0 Å². The van der Waals surface area contributed by atoms with Crippen LogP contribution in [0, 0.1) is 5.82 Å². The van der Waals surface area contributed by atoms with E-state index in [2.05, 4.69) is 29.4 Å². The monoisotopic (exact) mass is 623 g/mol. The molecule has 0 aliphatic carbocycles. The van der Waals surface area contributed by atoms with Crippen molar-refractivity contribution in [1.82, 2.24) is 10.6 Å². The summed E-state index contributed by atoms with van der Waals surface area (Å²) in [5, 5.41) is 6.28. The number of benzene rings is 4. The van der Waals surface area contributed by atoms with E-state index in [4.69, 9.17) is 9.15 Å². The van der Waals surface area contributed by atoms with Crippen LogP contribution in [0.4, 0.5) is 10.1 Å². The zero-order chi connectivity index (χ0) is 33.1. The summed E-state index contributed by atoms with van der Waals surface area (Å²) in [4.78, 5) is 28.5. The summed E-state index contributed by atoms with van der Waals surface area (Å²) in [5.74, 6) is -0.522. The van der Waals surface area contributed by atoms with Crippen LogP contribution in [0.2, 0.25) is 0 Å². The lowest BCUT2D eigenvalue weighted by atomic mass is 9.96. The van der Waals surface area contributed by atoms with Crippen LogP contribution in [0.25, 0.3) is 33.4 Å². The molecule has 5 rings (SSSR count). The third kappa shape index (κ3) is 7.82.